The minimum Gasteiger partial charge on any atom is -0.337 e. The van der Waals surface area contributed by atoms with E-state index in [1.807, 2.05) is 46.7 Å². The first-order chi connectivity index (χ1) is 18.4. The highest BCUT2D eigenvalue weighted by molar-refractivity contribution is 7.69. The molecule has 2 aromatic heterocycles. The SMILES string of the molecule is Cc1cc(C(=O)Nc2nc3cccc(Cl)c3n2[C@@H]2CCCCN(C(=O)/C=C/CN(C)C)C2)cc(P(C)(C)=O)n1. The summed E-state index contributed by atoms with van der Waals surface area (Å²) in [7, 11) is 1.25. The van der Waals surface area contributed by atoms with E-state index in [1.165, 1.54) is 0 Å². The molecule has 0 aliphatic carbocycles. The molecule has 0 radical (unpaired) electrons. The third-order valence-electron chi connectivity index (χ3n) is 6.69. The molecule has 3 heterocycles. The topological polar surface area (TPSA) is 100 Å². The number of aromatic nitrogens is 3. The number of nitrogens with zero attached hydrogens (tertiary/aromatic N) is 5. The van der Waals surface area contributed by atoms with Gasteiger partial charge in [-0.3, -0.25) is 19.9 Å². The normalized spacial score (nSPS) is 16.7. The minimum atomic E-state index is -2.67. The number of rotatable bonds is 7. The van der Waals surface area contributed by atoms with Gasteiger partial charge in [0.2, 0.25) is 11.9 Å². The van der Waals surface area contributed by atoms with E-state index in [2.05, 4.69) is 10.3 Å². The number of likely N-dealkylation sites (N-methyl/N-ethyl adjacent to an activating group) is 1. The standard InChI is InChI=1S/C28H36ClN6O3P/c1-19-16-20(17-24(30-19)39(4,5)38)27(37)32-28-31-23-12-8-11-22(29)26(23)35(28)21-10-6-7-15-34(18-21)25(36)13-9-14-33(2)3/h8-9,11-13,16-17,21H,6-7,10,14-15,18H2,1-5H3,(H,31,32,37)/b13-9+/t21-/m1/s1. The van der Waals surface area contributed by atoms with Gasteiger partial charge in [0.15, 0.2) is 0 Å². The van der Waals surface area contributed by atoms with Crippen molar-refractivity contribution < 1.29 is 14.2 Å². The van der Waals surface area contributed by atoms with E-state index >= 15 is 0 Å². The summed E-state index contributed by atoms with van der Waals surface area (Å²) in [5.41, 5.74) is 2.75. The van der Waals surface area contributed by atoms with Crippen LogP contribution in [0, 0.1) is 6.92 Å². The maximum atomic E-state index is 13.5. The molecule has 11 heteroatoms. The number of benzene rings is 1. The monoisotopic (exact) mass is 570 g/mol. The molecule has 39 heavy (non-hydrogen) atoms. The Bertz CT molecular complexity index is 1460. The van der Waals surface area contributed by atoms with Crippen LogP contribution in [0.1, 0.15) is 41.4 Å². The first kappa shape index (κ1) is 29.0. The predicted molar refractivity (Wildman–Crippen MR) is 158 cm³/mol. The average Bonchev–Trinajstić information content (AvgIpc) is 3.04. The van der Waals surface area contributed by atoms with Crippen LogP contribution in [-0.2, 0) is 9.36 Å². The molecule has 1 atom stereocenters. The maximum Gasteiger partial charge on any atom is 0.258 e. The smallest absolute Gasteiger partial charge is 0.258 e. The molecule has 208 valence electrons. The fourth-order valence-corrected chi connectivity index (χ4v) is 5.89. The van der Waals surface area contributed by atoms with E-state index in [0.29, 0.717) is 52.8 Å². The van der Waals surface area contributed by atoms with E-state index in [1.54, 1.807) is 44.5 Å². The number of likely N-dealkylation sites (tertiary alicyclic amines) is 1. The van der Waals surface area contributed by atoms with Gasteiger partial charge in [-0.25, -0.2) is 4.98 Å². The van der Waals surface area contributed by atoms with Gasteiger partial charge in [0.05, 0.1) is 22.1 Å². The largest absolute Gasteiger partial charge is 0.337 e. The minimum absolute atomic E-state index is 0.0341. The summed E-state index contributed by atoms with van der Waals surface area (Å²) in [6.07, 6.45) is 6.11. The van der Waals surface area contributed by atoms with Gasteiger partial charge in [-0.05, 0) is 77.9 Å². The number of pyridine rings is 1. The number of carbonyl (C=O) groups is 2. The van der Waals surface area contributed by atoms with Gasteiger partial charge in [-0.1, -0.05) is 23.7 Å². The van der Waals surface area contributed by atoms with Gasteiger partial charge in [0, 0.05) is 37.0 Å². The maximum absolute atomic E-state index is 13.5. The fourth-order valence-electron chi connectivity index (χ4n) is 4.78. The predicted octanol–water partition coefficient (Wildman–Crippen LogP) is 4.56. The lowest BCUT2D eigenvalue weighted by atomic mass is 10.1. The van der Waals surface area contributed by atoms with Crippen LogP contribution in [0.2, 0.25) is 5.02 Å². The summed E-state index contributed by atoms with van der Waals surface area (Å²) >= 11 is 6.67. The van der Waals surface area contributed by atoms with Crippen molar-refractivity contribution in [3.8, 4) is 0 Å². The van der Waals surface area contributed by atoms with Gasteiger partial charge >= 0.3 is 0 Å². The number of hydrogen-bond acceptors (Lipinski definition) is 6. The lowest BCUT2D eigenvalue weighted by molar-refractivity contribution is -0.126. The molecule has 1 aromatic carbocycles. The molecule has 1 aliphatic rings. The molecular weight excluding hydrogens is 535 g/mol. The fraction of sp³-hybridized carbons (Fsp3) is 0.429. The highest BCUT2D eigenvalue weighted by Gasteiger charge is 2.28. The molecule has 9 nitrogen and oxygen atoms in total. The molecule has 0 unspecified atom stereocenters. The first-order valence-electron chi connectivity index (χ1n) is 13.1. The van der Waals surface area contributed by atoms with E-state index in [-0.39, 0.29) is 17.9 Å². The van der Waals surface area contributed by atoms with Crippen molar-refractivity contribution in [2.75, 3.05) is 52.4 Å². The zero-order chi connectivity index (χ0) is 28.3. The van der Waals surface area contributed by atoms with Crippen LogP contribution in [0.4, 0.5) is 5.95 Å². The number of imidazole rings is 1. The summed E-state index contributed by atoms with van der Waals surface area (Å²) in [6, 6.07) is 8.59. The lowest BCUT2D eigenvalue weighted by Crippen LogP contribution is -2.35. The Morgan fingerprint density at radius 2 is 1.97 bits per heavy atom. The lowest BCUT2D eigenvalue weighted by Gasteiger charge is -2.26. The number of carbonyl (C=O) groups excluding carboxylic acids is 2. The Hall–Kier alpha value is -3.00. The molecule has 2 amide bonds. The van der Waals surface area contributed by atoms with Crippen molar-refractivity contribution >= 4 is 53.0 Å². The highest BCUT2D eigenvalue weighted by Crippen LogP contribution is 2.35. The molecule has 4 rings (SSSR count). The summed E-state index contributed by atoms with van der Waals surface area (Å²) in [6.45, 7) is 6.85. The van der Waals surface area contributed by atoms with Gasteiger partial charge in [-0.15, -0.1) is 0 Å². The number of aryl methyl sites for hydroxylation is 1. The first-order valence-corrected chi connectivity index (χ1v) is 16.0. The van der Waals surface area contributed by atoms with Crippen molar-refractivity contribution in [1.82, 2.24) is 24.3 Å². The second-order valence-corrected chi connectivity index (χ2v) is 14.2. The molecule has 3 aromatic rings. The van der Waals surface area contributed by atoms with E-state index in [0.717, 1.165) is 24.8 Å². The van der Waals surface area contributed by atoms with Crippen LogP contribution in [0.5, 0.6) is 0 Å². The third-order valence-corrected chi connectivity index (χ3v) is 8.33. The van der Waals surface area contributed by atoms with Gasteiger partial charge < -0.3 is 18.9 Å². The van der Waals surface area contributed by atoms with E-state index in [9.17, 15) is 14.2 Å². The summed E-state index contributed by atoms with van der Waals surface area (Å²) in [5, 5.41) is 3.49. The van der Waals surface area contributed by atoms with Crippen molar-refractivity contribution in [2.24, 2.45) is 0 Å². The Labute approximate surface area is 234 Å². The Morgan fingerprint density at radius 1 is 1.21 bits per heavy atom. The zero-order valence-electron chi connectivity index (χ0n) is 23.1. The van der Waals surface area contributed by atoms with Gasteiger partial charge in [0.25, 0.3) is 5.91 Å². The number of fused-ring (bicyclic) bond motifs is 1. The summed E-state index contributed by atoms with van der Waals surface area (Å²) in [5.74, 6) is -0.0537. The van der Waals surface area contributed by atoms with Gasteiger partial charge in [0.1, 0.15) is 12.6 Å². The van der Waals surface area contributed by atoms with Crippen LogP contribution in [-0.4, -0.2) is 83.2 Å². The third kappa shape index (κ3) is 6.96. The number of hydrogen-bond donors (Lipinski definition) is 1. The molecule has 0 saturated carbocycles. The number of halogens is 1. The quantitative estimate of drug-likeness (QED) is 0.330. The summed E-state index contributed by atoms with van der Waals surface area (Å²) in [4.78, 5) is 39.5. The summed E-state index contributed by atoms with van der Waals surface area (Å²) < 4.78 is 14.6. The molecule has 1 saturated heterocycles. The zero-order valence-corrected chi connectivity index (χ0v) is 24.8. The van der Waals surface area contributed by atoms with Crippen molar-refractivity contribution in [3.05, 3.63) is 58.8 Å². The molecule has 1 N–H and O–H groups in total. The van der Waals surface area contributed by atoms with Crippen molar-refractivity contribution in [1.29, 1.82) is 0 Å². The Balaban J connectivity index is 1.70. The van der Waals surface area contributed by atoms with Crippen molar-refractivity contribution in [2.45, 2.75) is 32.2 Å². The number of para-hydroxylation sites is 1. The second-order valence-electron chi connectivity index (χ2n) is 10.7. The van der Waals surface area contributed by atoms with Crippen LogP contribution >= 0.6 is 18.7 Å². The Morgan fingerprint density at radius 3 is 2.69 bits per heavy atom. The highest BCUT2D eigenvalue weighted by atomic mass is 35.5. The van der Waals surface area contributed by atoms with E-state index < -0.39 is 7.14 Å². The van der Waals surface area contributed by atoms with Crippen molar-refractivity contribution in [3.63, 3.8) is 0 Å². The number of nitrogens with one attached hydrogen (secondary N) is 1. The van der Waals surface area contributed by atoms with Crippen LogP contribution in [0.25, 0.3) is 11.0 Å². The van der Waals surface area contributed by atoms with Crippen LogP contribution < -0.4 is 10.8 Å². The van der Waals surface area contributed by atoms with E-state index in [4.69, 9.17) is 16.6 Å². The average molecular weight is 571 g/mol. The molecule has 0 spiro atoms. The second kappa shape index (κ2) is 12.0. The van der Waals surface area contributed by atoms with Crippen LogP contribution in [0.15, 0.2) is 42.5 Å². The Kier molecular flexibility index (Phi) is 8.94. The number of amides is 2. The number of anilines is 1. The molecular formula is C28H36ClN6O3P. The van der Waals surface area contributed by atoms with Crippen LogP contribution in [0.3, 0.4) is 0 Å². The molecule has 1 aliphatic heterocycles. The van der Waals surface area contributed by atoms with Gasteiger partial charge in [-0.2, -0.15) is 0 Å². The molecule has 1 fully saturated rings. The molecule has 0 bridgehead atoms.